The lowest BCUT2D eigenvalue weighted by molar-refractivity contribution is 0.371. The van der Waals surface area contributed by atoms with E-state index < -0.39 is 11.6 Å². The molecule has 0 unspecified atom stereocenters. The summed E-state index contributed by atoms with van der Waals surface area (Å²) in [4.78, 5) is 0. The zero-order valence-corrected chi connectivity index (χ0v) is 9.73. The van der Waals surface area contributed by atoms with Gasteiger partial charge >= 0.3 is 0 Å². The van der Waals surface area contributed by atoms with Crippen molar-refractivity contribution in [1.29, 1.82) is 0 Å². The molecule has 0 aliphatic carbocycles. The van der Waals surface area contributed by atoms with Crippen LogP contribution in [-0.4, -0.2) is 18.2 Å². The Morgan fingerprint density at radius 1 is 1.38 bits per heavy atom. The molecular weight excluding hydrogens is 229 g/mol. The smallest absolute Gasteiger partial charge is 0.170 e. The highest BCUT2D eigenvalue weighted by Crippen LogP contribution is 2.29. The topological polar surface area (TPSA) is 32.3 Å². The van der Waals surface area contributed by atoms with Crippen LogP contribution >= 0.6 is 11.6 Å². The van der Waals surface area contributed by atoms with Gasteiger partial charge in [0, 0.05) is 0 Å². The summed E-state index contributed by atoms with van der Waals surface area (Å²) in [6.07, 6.45) is 3.05. The van der Waals surface area contributed by atoms with Gasteiger partial charge in [-0.1, -0.05) is 11.6 Å². The molecule has 2 N–H and O–H groups in total. The number of phenols is 1. The van der Waals surface area contributed by atoms with E-state index in [1.165, 1.54) is 6.07 Å². The second kappa shape index (κ2) is 5.02. The van der Waals surface area contributed by atoms with E-state index in [0.717, 1.165) is 37.9 Å². The summed E-state index contributed by atoms with van der Waals surface area (Å²) in [6, 6.07) is 3.03. The molecule has 0 spiro atoms. The van der Waals surface area contributed by atoms with Crippen LogP contribution in [0.25, 0.3) is 0 Å². The number of phenolic OH excluding ortho intramolecular Hbond substituents is 1. The molecule has 1 aliphatic rings. The highest BCUT2D eigenvalue weighted by atomic mass is 35.5. The third kappa shape index (κ3) is 2.66. The van der Waals surface area contributed by atoms with Crippen molar-refractivity contribution in [2.45, 2.75) is 19.3 Å². The van der Waals surface area contributed by atoms with E-state index >= 15 is 0 Å². The van der Waals surface area contributed by atoms with Gasteiger partial charge in [0.15, 0.2) is 11.6 Å². The van der Waals surface area contributed by atoms with Crippen molar-refractivity contribution >= 4 is 11.6 Å². The lowest BCUT2D eigenvalue weighted by atomic mass is 9.91. The van der Waals surface area contributed by atoms with E-state index in [2.05, 4.69) is 5.32 Å². The molecule has 1 aromatic rings. The summed E-state index contributed by atoms with van der Waals surface area (Å²) >= 11 is 5.73. The van der Waals surface area contributed by atoms with Crippen molar-refractivity contribution in [3.63, 3.8) is 0 Å². The van der Waals surface area contributed by atoms with Gasteiger partial charge in [0.1, 0.15) is 0 Å². The quantitative estimate of drug-likeness (QED) is 0.837. The Hall–Kier alpha value is -0.800. The lowest BCUT2D eigenvalue weighted by Gasteiger charge is -2.22. The monoisotopic (exact) mass is 243 g/mol. The summed E-state index contributed by atoms with van der Waals surface area (Å²) in [5.41, 5.74) is 0.868. The minimum Gasteiger partial charge on any atom is -0.504 e. The van der Waals surface area contributed by atoms with E-state index in [9.17, 15) is 9.50 Å². The largest absolute Gasteiger partial charge is 0.504 e. The molecule has 1 aromatic carbocycles. The second-order valence-electron chi connectivity index (χ2n) is 4.31. The summed E-state index contributed by atoms with van der Waals surface area (Å²) in [6.45, 7) is 2.05. The van der Waals surface area contributed by atoms with E-state index in [4.69, 9.17) is 11.6 Å². The normalized spacial score (nSPS) is 17.6. The first-order chi connectivity index (χ1) is 7.66. The molecule has 88 valence electrons. The van der Waals surface area contributed by atoms with E-state index in [1.54, 1.807) is 6.07 Å². The fraction of sp³-hybridized carbons (Fsp3) is 0.500. The van der Waals surface area contributed by atoms with Gasteiger partial charge in [0.25, 0.3) is 0 Å². The van der Waals surface area contributed by atoms with E-state index in [1.807, 2.05) is 0 Å². The van der Waals surface area contributed by atoms with Gasteiger partial charge in [-0.2, -0.15) is 0 Å². The number of nitrogens with one attached hydrogen (secondary N) is 1. The van der Waals surface area contributed by atoms with Crippen molar-refractivity contribution in [3.05, 3.63) is 28.5 Å². The van der Waals surface area contributed by atoms with Crippen molar-refractivity contribution in [1.82, 2.24) is 5.32 Å². The fourth-order valence-corrected chi connectivity index (χ4v) is 2.39. The van der Waals surface area contributed by atoms with E-state index in [-0.39, 0.29) is 5.02 Å². The van der Waals surface area contributed by atoms with Gasteiger partial charge in [-0.15, -0.1) is 0 Å². The SMILES string of the molecule is Oc1c(F)cc(CC2CCNCC2)cc1Cl. The third-order valence-electron chi connectivity index (χ3n) is 3.06. The van der Waals surface area contributed by atoms with Gasteiger partial charge < -0.3 is 10.4 Å². The Labute approximate surface area is 99.4 Å². The molecule has 1 aliphatic heterocycles. The minimum absolute atomic E-state index is 0.101. The maximum Gasteiger partial charge on any atom is 0.170 e. The molecule has 0 atom stereocenters. The standard InChI is InChI=1S/C12H15ClFNO/c13-10-6-9(7-11(14)12(10)16)5-8-1-3-15-4-2-8/h6-8,15-16H,1-5H2. The summed E-state index contributed by atoms with van der Waals surface area (Å²) in [5.74, 6) is -0.492. The van der Waals surface area contributed by atoms with Crippen LogP contribution in [0.4, 0.5) is 4.39 Å². The second-order valence-corrected chi connectivity index (χ2v) is 4.71. The van der Waals surface area contributed by atoms with Crippen LogP contribution in [0.15, 0.2) is 12.1 Å². The van der Waals surface area contributed by atoms with Crippen LogP contribution in [-0.2, 0) is 6.42 Å². The lowest BCUT2D eigenvalue weighted by Crippen LogP contribution is -2.28. The molecule has 0 bridgehead atoms. The Bertz CT molecular complexity index is 354. The van der Waals surface area contributed by atoms with Crippen molar-refractivity contribution in [2.24, 2.45) is 5.92 Å². The molecule has 0 amide bonds. The number of aromatic hydroxyl groups is 1. The molecule has 2 nitrogen and oxygen atoms in total. The fourth-order valence-electron chi connectivity index (χ4n) is 2.16. The number of benzene rings is 1. The number of hydrogen-bond donors (Lipinski definition) is 2. The number of piperidine rings is 1. The minimum atomic E-state index is -0.628. The van der Waals surface area contributed by atoms with Gasteiger partial charge in [0.05, 0.1) is 5.02 Å². The number of rotatable bonds is 2. The van der Waals surface area contributed by atoms with Crippen molar-refractivity contribution in [2.75, 3.05) is 13.1 Å². The summed E-state index contributed by atoms with van der Waals surface area (Å²) < 4.78 is 13.2. The first-order valence-electron chi connectivity index (χ1n) is 5.54. The average Bonchev–Trinajstić information content (AvgIpc) is 2.27. The molecule has 1 heterocycles. The summed E-state index contributed by atoms with van der Waals surface area (Å²) in [7, 11) is 0. The first kappa shape index (κ1) is 11.7. The van der Waals surface area contributed by atoms with Crippen LogP contribution < -0.4 is 5.32 Å². The van der Waals surface area contributed by atoms with Crippen LogP contribution in [0.1, 0.15) is 18.4 Å². The van der Waals surface area contributed by atoms with Crippen molar-refractivity contribution < 1.29 is 9.50 Å². The molecule has 16 heavy (non-hydrogen) atoms. The Balaban J connectivity index is 2.09. The molecule has 1 saturated heterocycles. The van der Waals surface area contributed by atoms with Crippen LogP contribution in [0, 0.1) is 11.7 Å². The number of hydrogen-bond acceptors (Lipinski definition) is 2. The van der Waals surface area contributed by atoms with Crippen LogP contribution in [0.2, 0.25) is 5.02 Å². The van der Waals surface area contributed by atoms with Crippen molar-refractivity contribution in [3.8, 4) is 5.75 Å². The number of halogens is 2. The predicted molar refractivity (Wildman–Crippen MR) is 62.4 cm³/mol. The van der Waals surface area contributed by atoms with Gasteiger partial charge in [-0.3, -0.25) is 0 Å². The van der Waals surface area contributed by atoms with Gasteiger partial charge in [-0.25, -0.2) is 4.39 Å². The maximum atomic E-state index is 13.2. The molecule has 0 aromatic heterocycles. The molecule has 2 rings (SSSR count). The Morgan fingerprint density at radius 3 is 2.69 bits per heavy atom. The van der Waals surface area contributed by atoms with Crippen LogP contribution in [0.3, 0.4) is 0 Å². The predicted octanol–water partition coefficient (Wildman–Crippen LogP) is 2.73. The summed E-state index contributed by atoms with van der Waals surface area (Å²) in [5, 5.41) is 12.6. The highest BCUT2D eigenvalue weighted by Gasteiger charge is 2.15. The highest BCUT2D eigenvalue weighted by molar-refractivity contribution is 6.32. The average molecular weight is 244 g/mol. The molecule has 0 saturated carbocycles. The molecule has 4 heteroatoms. The Morgan fingerprint density at radius 2 is 2.06 bits per heavy atom. The zero-order chi connectivity index (χ0) is 11.5. The van der Waals surface area contributed by atoms with Gasteiger partial charge in [0.2, 0.25) is 0 Å². The molecule has 0 radical (unpaired) electrons. The zero-order valence-electron chi connectivity index (χ0n) is 8.97. The Kier molecular flexibility index (Phi) is 3.66. The van der Waals surface area contributed by atoms with Gasteiger partial charge in [-0.05, 0) is 56.0 Å². The molecular formula is C12H15ClFNO. The third-order valence-corrected chi connectivity index (χ3v) is 3.35. The maximum absolute atomic E-state index is 13.2. The molecule has 1 fully saturated rings. The first-order valence-corrected chi connectivity index (χ1v) is 5.92. The van der Waals surface area contributed by atoms with E-state index in [0.29, 0.717) is 5.92 Å². The van der Waals surface area contributed by atoms with Crippen LogP contribution in [0.5, 0.6) is 5.75 Å².